The van der Waals surface area contributed by atoms with E-state index in [2.05, 4.69) is 15.5 Å². The summed E-state index contributed by atoms with van der Waals surface area (Å²) in [7, 11) is 1.79. The third kappa shape index (κ3) is 3.04. The molecule has 0 radical (unpaired) electrons. The van der Waals surface area contributed by atoms with Crippen molar-refractivity contribution in [3.8, 4) is 5.75 Å². The second-order valence-electron chi connectivity index (χ2n) is 3.80. The molecule has 1 N–H and O–H groups in total. The minimum Gasteiger partial charge on any atom is -0.485 e. The fourth-order valence-corrected chi connectivity index (χ4v) is 1.56. The number of hydrogen-bond acceptors (Lipinski definition) is 5. The molecule has 0 bridgehead atoms. The summed E-state index contributed by atoms with van der Waals surface area (Å²) in [4.78, 5) is 4.03. The van der Waals surface area contributed by atoms with Crippen molar-refractivity contribution in [2.24, 2.45) is 0 Å². The van der Waals surface area contributed by atoms with Gasteiger partial charge in [-0.2, -0.15) is 4.98 Å². The van der Waals surface area contributed by atoms with E-state index in [1.165, 1.54) is 12.1 Å². The van der Waals surface area contributed by atoms with Crippen LogP contribution in [-0.4, -0.2) is 17.2 Å². The van der Waals surface area contributed by atoms with E-state index in [0.717, 1.165) is 5.56 Å². The normalized spacial score (nSPS) is 10.6. The minimum absolute atomic E-state index is 0.194. The first kappa shape index (κ1) is 12.5. The number of ether oxygens (including phenoxy) is 1. The van der Waals surface area contributed by atoms with Gasteiger partial charge < -0.3 is 14.6 Å². The van der Waals surface area contributed by atoms with Crippen LogP contribution in [0.15, 0.2) is 22.7 Å². The Morgan fingerprint density at radius 2 is 2.28 bits per heavy atom. The van der Waals surface area contributed by atoms with Crippen molar-refractivity contribution in [1.82, 2.24) is 15.5 Å². The van der Waals surface area contributed by atoms with E-state index >= 15 is 0 Å². The first-order valence-electron chi connectivity index (χ1n) is 5.54. The highest BCUT2D eigenvalue weighted by Crippen LogP contribution is 2.20. The van der Waals surface area contributed by atoms with Gasteiger partial charge >= 0.3 is 0 Å². The van der Waals surface area contributed by atoms with E-state index in [1.54, 1.807) is 20.0 Å². The summed E-state index contributed by atoms with van der Waals surface area (Å²) in [6.45, 7) is 2.43. The Morgan fingerprint density at radius 1 is 1.44 bits per heavy atom. The summed E-state index contributed by atoms with van der Waals surface area (Å²) < 4.78 is 23.5. The maximum absolute atomic E-state index is 13.1. The lowest BCUT2D eigenvalue weighted by Crippen LogP contribution is -2.08. The maximum Gasteiger partial charge on any atom is 0.223 e. The molecule has 0 unspecified atom stereocenters. The number of nitrogens with zero attached hydrogens (tertiary/aromatic N) is 2. The quantitative estimate of drug-likeness (QED) is 0.878. The highest BCUT2D eigenvalue weighted by atomic mass is 19.1. The average molecular weight is 251 g/mol. The van der Waals surface area contributed by atoms with E-state index in [4.69, 9.17) is 9.26 Å². The van der Waals surface area contributed by atoms with Crippen molar-refractivity contribution in [2.75, 3.05) is 7.05 Å². The second-order valence-corrected chi connectivity index (χ2v) is 3.80. The van der Waals surface area contributed by atoms with Gasteiger partial charge in [0, 0.05) is 19.0 Å². The van der Waals surface area contributed by atoms with Crippen LogP contribution in [0.25, 0.3) is 0 Å². The molecule has 0 atom stereocenters. The van der Waals surface area contributed by atoms with Crippen LogP contribution in [0.2, 0.25) is 0 Å². The topological polar surface area (TPSA) is 60.2 Å². The van der Waals surface area contributed by atoms with Crippen LogP contribution >= 0.6 is 0 Å². The van der Waals surface area contributed by atoms with Gasteiger partial charge in [0.2, 0.25) is 11.7 Å². The Hall–Kier alpha value is -1.95. The van der Waals surface area contributed by atoms with E-state index in [0.29, 0.717) is 24.0 Å². The number of aromatic nitrogens is 2. The summed E-state index contributed by atoms with van der Waals surface area (Å²) in [5.74, 6) is 1.27. The molecule has 0 fully saturated rings. The summed E-state index contributed by atoms with van der Waals surface area (Å²) in [5, 5.41) is 6.68. The molecule has 0 spiro atoms. The van der Waals surface area contributed by atoms with Gasteiger partial charge in [0.1, 0.15) is 11.6 Å². The molecular formula is C12H14FN3O2. The van der Waals surface area contributed by atoms with Gasteiger partial charge in [0.05, 0.1) is 0 Å². The molecule has 0 amide bonds. The molecule has 96 valence electrons. The first-order chi connectivity index (χ1) is 8.69. The Morgan fingerprint density at radius 3 is 2.94 bits per heavy atom. The monoisotopic (exact) mass is 251 g/mol. The zero-order valence-electron chi connectivity index (χ0n) is 10.2. The smallest absolute Gasteiger partial charge is 0.223 e. The summed E-state index contributed by atoms with van der Waals surface area (Å²) in [6.07, 6.45) is 0. The molecule has 6 heteroatoms. The van der Waals surface area contributed by atoms with Gasteiger partial charge in [-0.15, -0.1) is 0 Å². The predicted octanol–water partition coefficient (Wildman–Crippen LogP) is 1.82. The van der Waals surface area contributed by atoms with Crippen molar-refractivity contribution in [3.63, 3.8) is 0 Å². The van der Waals surface area contributed by atoms with E-state index < -0.39 is 0 Å². The van der Waals surface area contributed by atoms with Gasteiger partial charge in [-0.25, -0.2) is 4.39 Å². The maximum atomic E-state index is 13.1. The van der Waals surface area contributed by atoms with Gasteiger partial charge in [0.25, 0.3) is 0 Å². The Bertz CT molecular complexity index is 528. The van der Waals surface area contributed by atoms with Crippen molar-refractivity contribution in [3.05, 3.63) is 41.3 Å². The molecule has 0 aliphatic carbocycles. The fourth-order valence-electron chi connectivity index (χ4n) is 1.56. The third-order valence-electron chi connectivity index (χ3n) is 2.32. The van der Waals surface area contributed by atoms with Crippen LogP contribution in [0.5, 0.6) is 5.75 Å². The molecule has 1 aromatic heterocycles. The van der Waals surface area contributed by atoms with Crippen LogP contribution in [0.1, 0.15) is 17.3 Å². The van der Waals surface area contributed by atoms with E-state index in [1.807, 2.05) is 0 Å². The molecule has 18 heavy (non-hydrogen) atoms. The Balaban J connectivity index is 2.08. The van der Waals surface area contributed by atoms with Gasteiger partial charge in [-0.1, -0.05) is 5.16 Å². The number of benzene rings is 1. The molecule has 0 aliphatic heterocycles. The standard InChI is InChI=1S/C12H14FN3O2/c1-8-15-12(16-18-8)7-17-11-4-3-10(13)5-9(11)6-14-2/h3-5,14H,6-7H2,1-2H3. The molecule has 0 saturated heterocycles. The highest BCUT2D eigenvalue weighted by molar-refractivity contribution is 5.33. The van der Waals surface area contributed by atoms with Crippen LogP contribution < -0.4 is 10.1 Å². The number of nitrogens with one attached hydrogen (secondary N) is 1. The second kappa shape index (κ2) is 5.59. The molecule has 0 aliphatic rings. The largest absolute Gasteiger partial charge is 0.485 e. The number of aryl methyl sites for hydroxylation is 1. The summed E-state index contributed by atoms with van der Waals surface area (Å²) in [5.41, 5.74) is 0.748. The summed E-state index contributed by atoms with van der Waals surface area (Å²) >= 11 is 0. The Labute approximate surface area is 104 Å². The first-order valence-corrected chi connectivity index (χ1v) is 5.54. The molecule has 0 saturated carbocycles. The lowest BCUT2D eigenvalue weighted by molar-refractivity contribution is 0.282. The average Bonchev–Trinajstić information content (AvgIpc) is 2.75. The number of hydrogen-bond donors (Lipinski definition) is 1. The zero-order chi connectivity index (χ0) is 13.0. The number of halogens is 1. The number of rotatable bonds is 5. The van der Waals surface area contributed by atoms with Gasteiger partial charge in [-0.3, -0.25) is 0 Å². The van der Waals surface area contributed by atoms with Gasteiger partial charge in [0.15, 0.2) is 6.61 Å². The van der Waals surface area contributed by atoms with Crippen LogP contribution in [0.4, 0.5) is 4.39 Å². The molecule has 2 rings (SSSR count). The predicted molar refractivity (Wildman–Crippen MR) is 62.5 cm³/mol. The van der Waals surface area contributed by atoms with Crippen LogP contribution in [0, 0.1) is 12.7 Å². The molecule has 5 nitrogen and oxygen atoms in total. The van der Waals surface area contributed by atoms with Crippen LogP contribution in [0.3, 0.4) is 0 Å². The summed E-state index contributed by atoms with van der Waals surface area (Å²) in [6, 6.07) is 4.39. The fraction of sp³-hybridized carbons (Fsp3) is 0.333. The third-order valence-corrected chi connectivity index (χ3v) is 2.32. The SMILES string of the molecule is CNCc1cc(F)ccc1OCc1noc(C)n1. The minimum atomic E-state index is -0.289. The van der Waals surface area contributed by atoms with Crippen molar-refractivity contribution < 1.29 is 13.7 Å². The molecule has 1 heterocycles. The lowest BCUT2D eigenvalue weighted by atomic mass is 10.2. The lowest BCUT2D eigenvalue weighted by Gasteiger charge is -2.09. The highest BCUT2D eigenvalue weighted by Gasteiger charge is 2.07. The zero-order valence-corrected chi connectivity index (χ0v) is 10.2. The Kier molecular flexibility index (Phi) is 3.88. The molecule has 2 aromatic rings. The van der Waals surface area contributed by atoms with Gasteiger partial charge in [-0.05, 0) is 25.2 Å². The van der Waals surface area contributed by atoms with E-state index in [9.17, 15) is 4.39 Å². The van der Waals surface area contributed by atoms with Crippen molar-refractivity contribution in [1.29, 1.82) is 0 Å². The van der Waals surface area contributed by atoms with Crippen molar-refractivity contribution in [2.45, 2.75) is 20.1 Å². The molecule has 1 aromatic carbocycles. The molecular weight excluding hydrogens is 237 g/mol. The van der Waals surface area contributed by atoms with E-state index in [-0.39, 0.29) is 12.4 Å². The van der Waals surface area contributed by atoms with Crippen molar-refractivity contribution >= 4 is 0 Å². The van der Waals surface area contributed by atoms with Crippen LogP contribution in [-0.2, 0) is 13.2 Å².